The summed E-state index contributed by atoms with van der Waals surface area (Å²) in [5.41, 5.74) is 7.28. The maximum atomic E-state index is 13.3. The Labute approximate surface area is 237 Å². The third kappa shape index (κ3) is 6.24. The quantitative estimate of drug-likeness (QED) is 0.380. The van der Waals surface area contributed by atoms with Crippen LogP contribution in [0.15, 0.2) is 72.3 Å². The summed E-state index contributed by atoms with van der Waals surface area (Å²) in [5, 5.41) is 3.10. The van der Waals surface area contributed by atoms with Crippen LogP contribution >= 0.6 is 0 Å². The molecule has 3 heterocycles. The van der Waals surface area contributed by atoms with Gasteiger partial charge in [-0.2, -0.15) is 0 Å². The molecular weight excluding hydrogens is 498 g/mol. The van der Waals surface area contributed by atoms with Crippen LogP contribution in [0.5, 0.6) is 5.75 Å². The SMILES string of the molecule is CN(Cc1ccc(NC(=O)C2=Cc3cc(-c4ccc(N5CCCC5)cc4)ccc3OCC2)cc1)C1CCOCC1. The molecule has 0 bridgehead atoms. The van der Waals surface area contributed by atoms with Gasteiger partial charge in [0, 0.05) is 67.8 Å². The summed E-state index contributed by atoms with van der Waals surface area (Å²) in [6, 6.07) is 23.8. The molecule has 2 saturated heterocycles. The maximum Gasteiger partial charge on any atom is 0.251 e. The molecular formula is C34H39N3O3. The van der Waals surface area contributed by atoms with Crippen molar-refractivity contribution < 1.29 is 14.3 Å². The normalized spacial score (nSPS) is 17.6. The number of nitrogens with one attached hydrogen (secondary N) is 1. The highest BCUT2D eigenvalue weighted by molar-refractivity contribution is 6.07. The maximum absolute atomic E-state index is 13.3. The van der Waals surface area contributed by atoms with Gasteiger partial charge < -0.3 is 19.7 Å². The number of anilines is 2. The number of rotatable bonds is 7. The van der Waals surface area contributed by atoms with Crippen molar-refractivity contribution in [2.24, 2.45) is 0 Å². The zero-order valence-electron chi connectivity index (χ0n) is 23.4. The van der Waals surface area contributed by atoms with E-state index in [0.717, 1.165) is 79.4 Å². The third-order valence-electron chi connectivity index (χ3n) is 8.39. The fourth-order valence-corrected chi connectivity index (χ4v) is 5.97. The zero-order valence-corrected chi connectivity index (χ0v) is 23.4. The molecule has 40 heavy (non-hydrogen) atoms. The van der Waals surface area contributed by atoms with E-state index in [-0.39, 0.29) is 5.91 Å². The molecule has 6 nitrogen and oxygen atoms in total. The average Bonchev–Trinajstić information content (AvgIpc) is 3.45. The van der Waals surface area contributed by atoms with Gasteiger partial charge in [-0.3, -0.25) is 9.69 Å². The lowest BCUT2D eigenvalue weighted by atomic mass is 10.0. The minimum Gasteiger partial charge on any atom is -0.493 e. The predicted octanol–water partition coefficient (Wildman–Crippen LogP) is 6.37. The number of amides is 1. The number of fused-ring (bicyclic) bond motifs is 1. The molecule has 0 radical (unpaired) electrons. The summed E-state index contributed by atoms with van der Waals surface area (Å²) in [4.78, 5) is 18.1. The van der Waals surface area contributed by atoms with Gasteiger partial charge in [-0.1, -0.05) is 30.3 Å². The lowest BCUT2D eigenvalue weighted by molar-refractivity contribution is -0.113. The molecule has 3 aliphatic heterocycles. The summed E-state index contributed by atoms with van der Waals surface area (Å²) in [5.74, 6) is 0.738. The minimum absolute atomic E-state index is 0.0797. The van der Waals surface area contributed by atoms with Crippen molar-refractivity contribution >= 4 is 23.4 Å². The first-order chi connectivity index (χ1) is 19.6. The Kier molecular flexibility index (Phi) is 8.17. The molecule has 6 rings (SSSR count). The van der Waals surface area contributed by atoms with Crippen LogP contribution in [0, 0.1) is 0 Å². The van der Waals surface area contributed by atoms with Gasteiger partial charge in [0.25, 0.3) is 5.91 Å². The first-order valence-corrected chi connectivity index (χ1v) is 14.6. The van der Waals surface area contributed by atoms with Crippen LogP contribution in [0.3, 0.4) is 0 Å². The Morgan fingerprint density at radius 2 is 1.65 bits per heavy atom. The van der Waals surface area contributed by atoms with Gasteiger partial charge in [-0.15, -0.1) is 0 Å². The summed E-state index contributed by atoms with van der Waals surface area (Å²) in [7, 11) is 2.18. The van der Waals surface area contributed by atoms with Gasteiger partial charge in [0.1, 0.15) is 5.75 Å². The Bertz CT molecular complexity index is 1340. The standard InChI is InChI=1S/C34H39N3O3/c1-36(31-15-19-39-20-16-31)24-25-4-9-30(10-5-25)35-34(38)28-14-21-40-33-13-8-27(22-29(33)23-28)26-6-11-32(12-7-26)37-17-2-3-18-37/h4-13,22-23,31H,2-3,14-21,24H2,1H3,(H,35,38). The summed E-state index contributed by atoms with van der Waals surface area (Å²) >= 11 is 0. The highest BCUT2D eigenvalue weighted by Gasteiger charge is 2.19. The van der Waals surface area contributed by atoms with E-state index in [0.29, 0.717) is 19.1 Å². The third-order valence-corrected chi connectivity index (χ3v) is 8.39. The molecule has 0 aliphatic carbocycles. The van der Waals surface area contributed by atoms with Crippen LogP contribution in [0.2, 0.25) is 0 Å². The van der Waals surface area contributed by atoms with E-state index in [1.807, 2.05) is 24.3 Å². The molecule has 2 fully saturated rings. The largest absolute Gasteiger partial charge is 0.493 e. The van der Waals surface area contributed by atoms with Crippen LogP contribution in [-0.4, -0.2) is 56.8 Å². The molecule has 0 unspecified atom stereocenters. The van der Waals surface area contributed by atoms with Gasteiger partial charge in [-0.05, 0) is 91.9 Å². The second kappa shape index (κ2) is 12.3. The first kappa shape index (κ1) is 26.6. The number of benzene rings is 3. The summed E-state index contributed by atoms with van der Waals surface area (Å²) in [6.07, 6.45) is 7.26. The van der Waals surface area contributed by atoms with Gasteiger partial charge in [0.15, 0.2) is 0 Å². The van der Waals surface area contributed by atoms with E-state index in [2.05, 4.69) is 70.7 Å². The van der Waals surface area contributed by atoms with Gasteiger partial charge in [0.05, 0.1) is 6.61 Å². The van der Waals surface area contributed by atoms with Crippen molar-refractivity contribution in [3.8, 4) is 16.9 Å². The number of hydrogen-bond acceptors (Lipinski definition) is 5. The second-order valence-electron chi connectivity index (χ2n) is 11.2. The number of carbonyl (C=O) groups is 1. The molecule has 208 valence electrons. The monoisotopic (exact) mass is 537 g/mol. The van der Waals surface area contributed by atoms with Crippen LogP contribution in [-0.2, 0) is 16.1 Å². The molecule has 6 heteroatoms. The van der Waals surface area contributed by atoms with Gasteiger partial charge >= 0.3 is 0 Å². The fraction of sp³-hybridized carbons (Fsp3) is 0.382. The molecule has 0 atom stereocenters. The van der Waals surface area contributed by atoms with E-state index in [1.165, 1.54) is 24.1 Å². The van der Waals surface area contributed by atoms with E-state index in [9.17, 15) is 4.79 Å². The van der Waals surface area contributed by atoms with Crippen LogP contribution in [0.1, 0.15) is 43.2 Å². The van der Waals surface area contributed by atoms with Crippen molar-refractivity contribution in [1.82, 2.24) is 4.90 Å². The lowest BCUT2D eigenvalue weighted by Gasteiger charge is -2.31. The summed E-state index contributed by atoms with van der Waals surface area (Å²) < 4.78 is 11.5. The summed E-state index contributed by atoms with van der Waals surface area (Å²) in [6.45, 7) is 5.35. The number of hydrogen-bond donors (Lipinski definition) is 1. The Balaban J connectivity index is 1.12. The fourth-order valence-electron chi connectivity index (χ4n) is 5.97. The molecule has 0 saturated carbocycles. The van der Waals surface area contributed by atoms with Crippen LogP contribution in [0.4, 0.5) is 11.4 Å². The Morgan fingerprint density at radius 3 is 2.40 bits per heavy atom. The Morgan fingerprint density at radius 1 is 0.925 bits per heavy atom. The van der Waals surface area contributed by atoms with E-state index in [1.54, 1.807) is 0 Å². The van der Waals surface area contributed by atoms with E-state index < -0.39 is 0 Å². The number of nitrogens with zero attached hydrogens (tertiary/aromatic N) is 2. The smallest absolute Gasteiger partial charge is 0.251 e. The molecule has 3 aromatic carbocycles. The van der Waals surface area contributed by atoms with Crippen molar-refractivity contribution in [3.05, 3.63) is 83.4 Å². The topological polar surface area (TPSA) is 54.0 Å². The van der Waals surface area contributed by atoms with Crippen molar-refractivity contribution in [1.29, 1.82) is 0 Å². The molecule has 0 spiro atoms. The minimum atomic E-state index is -0.0797. The number of ether oxygens (including phenoxy) is 2. The molecule has 3 aliphatic rings. The van der Waals surface area contributed by atoms with E-state index in [4.69, 9.17) is 9.47 Å². The number of carbonyl (C=O) groups excluding carboxylic acids is 1. The molecule has 1 amide bonds. The zero-order chi connectivity index (χ0) is 27.3. The second-order valence-corrected chi connectivity index (χ2v) is 11.2. The van der Waals surface area contributed by atoms with Crippen molar-refractivity contribution in [2.45, 2.75) is 44.7 Å². The van der Waals surface area contributed by atoms with Gasteiger partial charge in [-0.25, -0.2) is 0 Å². The predicted molar refractivity (Wildman–Crippen MR) is 162 cm³/mol. The highest BCUT2D eigenvalue weighted by Crippen LogP contribution is 2.32. The lowest BCUT2D eigenvalue weighted by Crippen LogP contribution is -2.36. The highest BCUT2D eigenvalue weighted by atomic mass is 16.5. The van der Waals surface area contributed by atoms with Crippen LogP contribution < -0.4 is 15.0 Å². The molecule has 1 N–H and O–H groups in total. The van der Waals surface area contributed by atoms with Gasteiger partial charge in [0.2, 0.25) is 0 Å². The van der Waals surface area contributed by atoms with Crippen molar-refractivity contribution in [3.63, 3.8) is 0 Å². The van der Waals surface area contributed by atoms with Crippen molar-refractivity contribution in [2.75, 3.05) is 50.2 Å². The molecule has 0 aromatic heterocycles. The molecule has 3 aromatic rings. The average molecular weight is 538 g/mol. The van der Waals surface area contributed by atoms with E-state index >= 15 is 0 Å². The van der Waals surface area contributed by atoms with Crippen LogP contribution in [0.25, 0.3) is 17.2 Å². The Hall–Kier alpha value is -3.61. The first-order valence-electron chi connectivity index (χ1n) is 14.6.